The van der Waals surface area contributed by atoms with Gasteiger partial charge in [0.15, 0.2) is 0 Å². The van der Waals surface area contributed by atoms with E-state index in [9.17, 15) is 0 Å². The van der Waals surface area contributed by atoms with Gasteiger partial charge in [0.05, 0.1) is 7.11 Å². The fraction of sp³-hybridized carbons (Fsp3) is 0.706. The largest absolute Gasteiger partial charge is 0.481 e. The van der Waals surface area contributed by atoms with Crippen LogP contribution in [0.4, 0.5) is 0 Å². The molecule has 0 spiro atoms. The average Bonchev–Trinajstić information content (AvgIpc) is 2.40. The van der Waals surface area contributed by atoms with Crippen LogP contribution in [0.25, 0.3) is 0 Å². The number of methoxy groups -OCH3 is 1. The second-order valence-electron chi connectivity index (χ2n) is 7.07. The predicted molar refractivity (Wildman–Crippen MR) is 83.2 cm³/mol. The lowest BCUT2D eigenvalue weighted by molar-refractivity contribution is 0.183. The van der Waals surface area contributed by atoms with E-state index in [4.69, 9.17) is 9.72 Å². The van der Waals surface area contributed by atoms with Crippen LogP contribution in [0, 0.1) is 5.92 Å². The Kier molecular flexibility index (Phi) is 4.69. The fourth-order valence-electron chi connectivity index (χ4n) is 2.65. The van der Waals surface area contributed by atoms with Gasteiger partial charge in [0.25, 0.3) is 0 Å². The molecule has 1 saturated heterocycles. The first-order valence-corrected chi connectivity index (χ1v) is 7.67. The summed E-state index contributed by atoms with van der Waals surface area (Å²) >= 11 is 0. The van der Waals surface area contributed by atoms with E-state index < -0.39 is 0 Å². The normalized spacial score (nSPS) is 18.2. The van der Waals surface area contributed by atoms with Crippen molar-refractivity contribution in [2.45, 2.75) is 52.5 Å². The first-order chi connectivity index (χ1) is 9.40. The van der Waals surface area contributed by atoms with Crippen molar-refractivity contribution in [2.24, 2.45) is 5.92 Å². The molecule has 0 unspecified atom stereocenters. The Hall–Kier alpha value is -1.09. The van der Waals surface area contributed by atoms with E-state index in [-0.39, 0.29) is 5.41 Å². The van der Waals surface area contributed by atoms with Crippen molar-refractivity contribution in [3.8, 4) is 5.88 Å². The quantitative estimate of drug-likeness (QED) is 0.843. The summed E-state index contributed by atoms with van der Waals surface area (Å²) in [5, 5.41) is 0. The third-order valence-electron chi connectivity index (χ3n) is 4.17. The Labute approximate surface area is 123 Å². The van der Waals surface area contributed by atoms with Gasteiger partial charge in [-0.1, -0.05) is 33.8 Å². The van der Waals surface area contributed by atoms with E-state index in [1.54, 1.807) is 7.11 Å². The number of likely N-dealkylation sites (tertiary alicyclic amines) is 1. The van der Waals surface area contributed by atoms with Gasteiger partial charge in [0.2, 0.25) is 5.88 Å². The molecule has 1 fully saturated rings. The van der Waals surface area contributed by atoms with Gasteiger partial charge in [-0.15, -0.1) is 0 Å². The van der Waals surface area contributed by atoms with Gasteiger partial charge in [-0.25, -0.2) is 4.98 Å². The molecule has 20 heavy (non-hydrogen) atoms. The zero-order chi connectivity index (χ0) is 14.8. The van der Waals surface area contributed by atoms with Crippen LogP contribution in [0.1, 0.15) is 51.8 Å². The monoisotopic (exact) mass is 276 g/mol. The topological polar surface area (TPSA) is 25.4 Å². The molecule has 1 aromatic rings. The second-order valence-corrected chi connectivity index (χ2v) is 7.07. The highest BCUT2D eigenvalue weighted by atomic mass is 16.5. The molecule has 3 heteroatoms. The summed E-state index contributed by atoms with van der Waals surface area (Å²) in [6.45, 7) is 12.2. The number of pyridine rings is 1. The summed E-state index contributed by atoms with van der Waals surface area (Å²) in [6.07, 6.45) is 2.60. The van der Waals surface area contributed by atoms with E-state index in [1.165, 1.54) is 31.5 Å². The third-order valence-corrected chi connectivity index (χ3v) is 4.17. The van der Waals surface area contributed by atoms with Crippen molar-refractivity contribution in [2.75, 3.05) is 20.2 Å². The average molecular weight is 276 g/mol. The van der Waals surface area contributed by atoms with Gasteiger partial charge in [0.1, 0.15) is 0 Å². The molecule has 3 nitrogen and oxygen atoms in total. The van der Waals surface area contributed by atoms with E-state index in [2.05, 4.69) is 44.7 Å². The molecule has 1 aromatic heterocycles. The zero-order valence-corrected chi connectivity index (χ0v) is 13.6. The highest BCUT2D eigenvalue weighted by Crippen LogP contribution is 2.26. The number of nitrogens with zero attached hydrogens (tertiary/aromatic N) is 2. The molecule has 0 bridgehead atoms. The smallest absolute Gasteiger partial charge is 0.217 e. The third kappa shape index (κ3) is 3.72. The van der Waals surface area contributed by atoms with Crippen molar-refractivity contribution < 1.29 is 4.74 Å². The Bertz CT molecular complexity index is 443. The molecule has 0 N–H and O–H groups in total. The Morgan fingerprint density at radius 1 is 1.25 bits per heavy atom. The first-order valence-electron chi connectivity index (χ1n) is 7.67. The van der Waals surface area contributed by atoms with Crippen molar-refractivity contribution in [3.63, 3.8) is 0 Å². The van der Waals surface area contributed by atoms with Gasteiger partial charge in [-0.3, -0.25) is 4.90 Å². The molecule has 0 aliphatic carbocycles. The molecule has 0 aromatic carbocycles. The fourth-order valence-corrected chi connectivity index (χ4v) is 2.65. The highest BCUT2D eigenvalue weighted by molar-refractivity contribution is 5.30. The Morgan fingerprint density at radius 2 is 1.90 bits per heavy atom. The van der Waals surface area contributed by atoms with Crippen molar-refractivity contribution >= 4 is 0 Å². The molecule has 112 valence electrons. The molecule has 0 saturated carbocycles. The number of hydrogen-bond donors (Lipinski definition) is 0. The summed E-state index contributed by atoms with van der Waals surface area (Å²) in [5.41, 5.74) is 2.35. The molecule has 2 heterocycles. The number of aromatic nitrogens is 1. The van der Waals surface area contributed by atoms with Crippen molar-refractivity contribution in [3.05, 3.63) is 23.4 Å². The standard InChI is InChI=1S/C17H28N2O/c1-13-8-10-19(11-9-13)12-14-6-7-15(17(2,3)4)18-16(14)20-5/h6-7,13H,8-12H2,1-5H3. The lowest BCUT2D eigenvalue weighted by Gasteiger charge is -2.30. The Morgan fingerprint density at radius 3 is 2.45 bits per heavy atom. The van der Waals surface area contributed by atoms with Crippen LogP contribution >= 0.6 is 0 Å². The van der Waals surface area contributed by atoms with Crippen LogP contribution in [0.3, 0.4) is 0 Å². The van der Waals surface area contributed by atoms with Crippen LogP contribution in [-0.2, 0) is 12.0 Å². The number of piperidine rings is 1. The highest BCUT2D eigenvalue weighted by Gasteiger charge is 2.20. The summed E-state index contributed by atoms with van der Waals surface area (Å²) in [7, 11) is 1.72. The maximum atomic E-state index is 5.51. The van der Waals surface area contributed by atoms with Gasteiger partial charge in [0, 0.05) is 23.2 Å². The predicted octanol–water partition coefficient (Wildman–Crippen LogP) is 3.62. The van der Waals surface area contributed by atoms with E-state index >= 15 is 0 Å². The first kappa shape index (κ1) is 15.3. The lowest BCUT2D eigenvalue weighted by Crippen LogP contribution is -2.32. The number of ether oxygens (including phenoxy) is 1. The molecule has 0 radical (unpaired) electrons. The molecule has 1 aliphatic heterocycles. The SMILES string of the molecule is COc1nc(C(C)(C)C)ccc1CN1CCC(C)CC1. The number of rotatable bonds is 3. The van der Waals surface area contributed by atoms with E-state index in [0.29, 0.717) is 0 Å². The van der Waals surface area contributed by atoms with E-state index in [1.807, 2.05) is 0 Å². The van der Waals surface area contributed by atoms with Crippen LogP contribution in [0.2, 0.25) is 0 Å². The molecule has 2 rings (SSSR count). The van der Waals surface area contributed by atoms with Crippen LogP contribution < -0.4 is 4.74 Å². The van der Waals surface area contributed by atoms with Gasteiger partial charge < -0.3 is 4.74 Å². The van der Waals surface area contributed by atoms with Gasteiger partial charge >= 0.3 is 0 Å². The summed E-state index contributed by atoms with van der Waals surface area (Å²) in [5.74, 6) is 1.66. The summed E-state index contributed by atoms with van der Waals surface area (Å²) in [6, 6.07) is 4.33. The number of hydrogen-bond acceptors (Lipinski definition) is 3. The van der Waals surface area contributed by atoms with Crippen molar-refractivity contribution in [1.82, 2.24) is 9.88 Å². The maximum absolute atomic E-state index is 5.51. The molecular formula is C17H28N2O. The Balaban J connectivity index is 2.12. The minimum absolute atomic E-state index is 0.0619. The van der Waals surface area contributed by atoms with Gasteiger partial charge in [-0.05, 0) is 37.9 Å². The minimum atomic E-state index is 0.0619. The van der Waals surface area contributed by atoms with Crippen LogP contribution in [0.15, 0.2) is 12.1 Å². The molecule has 0 amide bonds. The van der Waals surface area contributed by atoms with E-state index in [0.717, 1.165) is 24.0 Å². The molecule has 0 atom stereocenters. The maximum Gasteiger partial charge on any atom is 0.217 e. The second kappa shape index (κ2) is 6.13. The van der Waals surface area contributed by atoms with Gasteiger partial charge in [-0.2, -0.15) is 0 Å². The summed E-state index contributed by atoms with van der Waals surface area (Å²) in [4.78, 5) is 7.20. The zero-order valence-electron chi connectivity index (χ0n) is 13.6. The lowest BCUT2D eigenvalue weighted by atomic mass is 9.91. The minimum Gasteiger partial charge on any atom is -0.481 e. The van der Waals surface area contributed by atoms with Crippen LogP contribution in [0.5, 0.6) is 5.88 Å². The van der Waals surface area contributed by atoms with Crippen LogP contribution in [-0.4, -0.2) is 30.1 Å². The van der Waals surface area contributed by atoms with Crippen molar-refractivity contribution in [1.29, 1.82) is 0 Å². The molecule has 1 aliphatic rings. The summed E-state index contributed by atoms with van der Waals surface area (Å²) < 4.78 is 5.51. The molecular weight excluding hydrogens is 248 g/mol.